The molecule has 1 aromatic rings. The van der Waals surface area contributed by atoms with E-state index in [1.165, 1.54) is 0 Å². The van der Waals surface area contributed by atoms with Crippen molar-refractivity contribution in [3.05, 3.63) is 18.5 Å². The van der Waals surface area contributed by atoms with Crippen LogP contribution >= 0.6 is 0 Å². The molecule has 14 heavy (non-hydrogen) atoms. The van der Waals surface area contributed by atoms with Crippen molar-refractivity contribution < 1.29 is 4.74 Å². The molecule has 0 spiro atoms. The molecule has 4 nitrogen and oxygen atoms in total. The van der Waals surface area contributed by atoms with E-state index in [1.54, 1.807) is 19.5 Å². The lowest BCUT2D eigenvalue weighted by atomic mass is 10.2. The van der Waals surface area contributed by atoms with Crippen LogP contribution in [0.1, 0.15) is 13.3 Å². The van der Waals surface area contributed by atoms with E-state index in [0.717, 1.165) is 18.7 Å². The molecule has 0 bridgehead atoms. The van der Waals surface area contributed by atoms with Crippen LogP contribution < -0.4 is 11.1 Å². The molecule has 0 aromatic carbocycles. The van der Waals surface area contributed by atoms with Crippen molar-refractivity contribution in [2.75, 3.05) is 24.8 Å². The molecule has 1 unspecified atom stereocenters. The van der Waals surface area contributed by atoms with E-state index < -0.39 is 0 Å². The van der Waals surface area contributed by atoms with Crippen molar-refractivity contribution in [3.8, 4) is 0 Å². The predicted octanol–water partition coefficient (Wildman–Crippen LogP) is 1.50. The summed E-state index contributed by atoms with van der Waals surface area (Å²) in [5.41, 5.74) is 7.23. The summed E-state index contributed by atoms with van der Waals surface area (Å²) < 4.78 is 4.99. The SMILES string of the molecule is COCCC(C)Nc1cncc(N)c1. The lowest BCUT2D eigenvalue weighted by Gasteiger charge is -2.14. The third-order valence-electron chi connectivity index (χ3n) is 1.93. The Kier molecular flexibility index (Phi) is 4.19. The van der Waals surface area contributed by atoms with Gasteiger partial charge in [-0.2, -0.15) is 0 Å². The van der Waals surface area contributed by atoms with E-state index in [0.29, 0.717) is 11.7 Å². The number of anilines is 2. The predicted molar refractivity (Wildman–Crippen MR) is 58.2 cm³/mol. The second-order valence-electron chi connectivity index (χ2n) is 3.33. The molecule has 0 aliphatic carbocycles. The van der Waals surface area contributed by atoms with Gasteiger partial charge in [-0.25, -0.2) is 0 Å². The monoisotopic (exact) mass is 195 g/mol. The Labute approximate surface area is 84.5 Å². The van der Waals surface area contributed by atoms with Crippen molar-refractivity contribution in [2.45, 2.75) is 19.4 Å². The third kappa shape index (κ3) is 3.62. The van der Waals surface area contributed by atoms with E-state index in [-0.39, 0.29) is 0 Å². The number of hydrogen-bond donors (Lipinski definition) is 2. The minimum atomic E-state index is 0.360. The molecule has 78 valence electrons. The van der Waals surface area contributed by atoms with Crippen LogP contribution in [0, 0.1) is 0 Å². The molecule has 1 atom stereocenters. The van der Waals surface area contributed by atoms with E-state index in [2.05, 4.69) is 17.2 Å². The van der Waals surface area contributed by atoms with Gasteiger partial charge in [0.05, 0.1) is 17.6 Å². The molecule has 0 aliphatic heterocycles. The van der Waals surface area contributed by atoms with Gasteiger partial charge in [0.25, 0.3) is 0 Å². The number of rotatable bonds is 5. The normalized spacial score (nSPS) is 12.4. The molecular formula is C10H17N3O. The quantitative estimate of drug-likeness (QED) is 0.747. The van der Waals surface area contributed by atoms with Crippen LogP contribution in [0.5, 0.6) is 0 Å². The Morgan fingerprint density at radius 2 is 2.36 bits per heavy atom. The van der Waals surface area contributed by atoms with Gasteiger partial charge in [0.2, 0.25) is 0 Å². The molecule has 0 aliphatic rings. The largest absolute Gasteiger partial charge is 0.397 e. The highest BCUT2D eigenvalue weighted by atomic mass is 16.5. The number of nitrogens with one attached hydrogen (secondary N) is 1. The summed E-state index contributed by atoms with van der Waals surface area (Å²) in [5, 5.41) is 3.30. The lowest BCUT2D eigenvalue weighted by Crippen LogP contribution is -2.17. The summed E-state index contributed by atoms with van der Waals surface area (Å²) in [6, 6.07) is 2.23. The lowest BCUT2D eigenvalue weighted by molar-refractivity contribution is 0.191. The Bertz CT molecular complexity index is 278. The first-order valence-corrected chi connectivity index (χ1v) is 4.68. The zero-order valence-corrected chi connectivity index (χ0v) is 8.66. The highest BCUT2D eigenvalue weighted by molar-refractivity contribution is 5.51. The molecule has 0 amide bonds. The average Bonchev–Trinajstić information content (AvgIpc) is 2.15. The maximum absolute atomic E-state index is 5.61. The fourth-order valence-electron chi connectivity index (χ4n) is 1.19. The van der Waals surface area contributed by atoms with Crippen LogP contribution in [0.3, 0.4) is 0 Å². The fourth-order valence-corrected chi connectivity index (χ4v) is 1.19. The summed E-state index contributed by atoms with van der Waals surface area (Å²) in [5.74, 6) is 0. The zero-order chi connectivity index (χ0) is 10.4. The Morgan fingerprint density at radius 1 is 1.57 bits per heavy atom. The third-order valence-corrected chi connectivity index (χ3v) is 1.93. The van der Waals surface area contributed by atoms with Gasteiger partial charge in [-0.3, -0.25) is 4.98 Å². The summed E-state index contributed by atoms with van der Waals surface area (Å²) in [7, 11) is 1.70. The topological polar surface area (TPSA) is 60.2 Å². The fraction of sp³-hybridized carbons (Fsp3) is 0.500. The highest BCUT2D eigenvalue weighted by Gasteiger charge is 2.01. The maximum atomic E-state index is 5.61. The second-order valence-corrected chi connectivity index (χ2v) is 3.33. The van der Waals surface area contributed by atoms with Gasteiger partial charge in [0.1, 0.15) is 0 Å². The van der Waals surface area contributed by atoms with E-state index in [1.807, 2.05) is 6.07 Å². The number of nitrogens with two attached hydrogens (primary N) is 1. The molecule has 3 N–H and O–H groups in total. The van der Waals surface area contributed by atoms with E-state index in [4.69, 9.17) is 10.5 Å². The molecule has 0 saturated carbocycles. The zero-order valence-electron chi connectivity index (χ0n) is 8.66. The summed E-state index contributed by atoms with van der Waals surface area (Å²) in [6.07, 6.45) is 4.36. The molecule has 0 saturated heterocycles. The first-order chi connectivity index (χ1) is 6.72. The molecule has 0 radical (unpaired) electrons. The van der Waals surface area contributed by atoms with E-state index >= 15 is 0 Å². The first kappa shape index (κ1) is 10.8. The van der Waals surface area contributed by atoms with Crippen LogP contribution in [-0.2, 0) is 4.74 Å². The van der Waals surface area contributed by atoms with Crippen molar-refractivity contribution in [2.24, 2.45) is 0 Å². The van der Waals surface area contributed by atoms with Crippen molar-refractivity contribution in [1.82, 2.24) is 4.98 Å². The van der Waals surface area contributed by atoms with Gasteiger partial charge < -0.3 is 15.8 Å². The summed E-state index contributed by atoms with van der Waals surface area (Å²) in [6.45, 7) is 2.85. The number of pyridine rings is 1. The molecule has 1 rings (SSSR count). The van der Waals surface area contributed by atoms with Gasteiger partial charge in [-0.05, 0) is 19.4 Å². The van der Waals surface area contributed by atoms with Crippen molar-refractivity contribution in [1.29, 1.82) is 0 Å². The van der Waals surface area contributed by atoms with Gasteiger partial charge >= 0.3 is 0 Å². The highest BCUT2D eigenvalue weighted by Crippen LogP contribution is 2.11. The van der Waals surface area contributed by atoms with Gasteiger partial charge in [0, 0.05) is 26.0 Å². The van der Waals surface area contributed by atoms with Gasteiger partial charge in [-0.15, -0.1) is 0 Å². The minimum Gasteiger partial charge on any atom is -0.397 e. The average molecular weight is 195 g/mol. The number of nitrogens with zero attached hydrogens (tertiary/aromatic N) is 1. The first-order valence-electron chi connectivity index (χ1n) is 4.68. The Balaban J connectivity index is 2.43. The van der Waals surface area contributed by atoms with Gasteiger partial charge in [0.15, 0.2) is 0 Å². The van der Waals surface area contributed by atoms with Crippen LogP contribution in [0.25, 0.3) is 0 Å². The van der Waals surface area contributed by atoms with E-state index in [9.17, 15) is 0 Å². The van der Waals surface area contributed by atoms with Gasteiger partial charge in [-0.1, -0.05) is 0 Å². The standard InChI is InChI=1S/C10H17N3O/c1-8(3-4-14-2)13-10-5-9(11)6-12-7-10/h5-8,13H,3-4,11H2,1-2H3. The number of aromatic nitrogens is 1. The molecule has 1 aromatic heterocycles. The molecular weight excluding hydrogens is 178 g/mol. The Hall–Kier alpha value is -1.29. The number of methoxy groups -OCH3 is 1. The smallest absolute Gasteiger partial charge is 0.0549 e. The summed E-state index contributed by atoms with van der Waals surface area (Å²) in [4.78, 5) is 4.00. The molecule has 0 fully saturated rings. The molecule has 1 heterocycles. The van der Waals surface area contributed by atoms with Crippen LogP contribution in [-0.4, -0.2) is 24.7 Å². The van der Waals surface area contributed by atoms with Crippen LogP contribution in [0.2, 0.25) is 0 Å². The Morgan fingerprint density at radius 3 is 3.00 bits per heavy atom. The summed E-state index contributed by atoms with van der Waals surface area (Å²) >= 11 is 0. The minimum absolute atomic E-state index is 0.360. The van der Waals surface area contributed by atoms with Crippen molar-refractivity contribution in [3.63, 3.8) is 0 Å². The van der Waals surface area contributed by atoms with Crippen LogP contribution in [0.15, 0.2) is 18.5 Å². The number of ether oxygens (including phenoxy) is 1. The number of hydrogen-bond acceptors (Lipinski definition) is 4. The number of nitrogen functional groups attached to an aromatic ring is 1. The maximum Gasteiger partial charge on any atom is 0.0549 e. The second kappa shape index (κ2) is 5.44. The van der Waals surface area contributed by atoms with Crippen LogP contribution in [0.4, 0.5) is 11.4 Å². The molecule has 4 heteroatoms. The van der Waals surface area contributed by atoms with Crippen molar-refractivity contribution >= 4 is 11.4 Å².